The van der Waals surface area contributed by atoms with Gasteiger partial charge in [0, 0.05) is 67.6 Å². The van der Waals surface area contributed by atoms with E-state index in [1.54, 1.807) is 6.20 Å². The highest BCUT2D eigenvalue weighted by atomic mass is 32.2. The van der Waals surface area contributed by atoms with Crippen LogP contribution in [0.15, 0.2) is 54.7 Å². The second-order valence-electron chi connectivity index (χ2n) is 9.73. The van der Waals surface area contributed by atoms with Crippen LogP contribution in [-0.4, -0.2) is 62.6 Å². The summed E-state index contributed by atoms with van der Waals surface area (Å²) in [7, 11) is -1.31. The first-order valence-corrected chi connectivity index (χ1v) is 14.1. The zero-order valence-corrected chi connectivity index (χ0v) is 22.1. The molecule has 10 nitrogen and oxygen atoms in total. The molecule has 0 atom stereocenters. The van der Waals surface area contributed by atoms with Gasteiger partial charge in [0.2, 0.25) is 5.95 Å². The lowest BCUT2D eigenvalue weighted by atomic mass is 10.2. The Morgan fingerprint density at radius 2 is 1.57 bits per heavy atom. The number of nitrogens with one attached hydrogen (secondary N) is 4. The van der Waals surface area contributed by atoms with Crippen LogP contribution in [0.2, 0.25) is 0 Å². The molecule has 3 aromatic rings. The van der Waals surface area contributed by atoms with Crippen LogP contribution >= 0.6 is 0 Å². The van der Waals surface area contributed by atoms with Gasteiger partial charge in [0.15, 0.2) is 0 Å². The Morgan fingerprint density at radius 3 is 2.24 bits per heavy atom. The van der Waals surface area contributed by atoms with Gasteiger partial charge in [-0.15, -0.1) is 0 Å². The first-order chi connectivity index (χ1) is 17.8. The maximum Gasteiger partial charge on any atom is 0.277 e. The zero-order chi connectivity index (χ0) is 25.8. The monoisotopic (exact) mass is 522 g/mol. The number of aromatic nitrogens is 2. The van der Waals surface area contributed by atoms with Crippen molar-refractivity contribution in [3.63, 3.8) is 0 Å². The van der Waals surface area contributed by atoms with Crippen molar-refractivity contribution in [1.82, 2.24) is 24.3 Å². The Balaban J connectivity index is 1.18. The van der Waals surface area contributed by atoms with Crippen molar-refractivity contribution in [1.29, 1.82) is 0 Å². The molecule has 0 radical (unpaired) electrons. The van der Waals surface area contributed by atoms with Gasteiger partial charge >= 0.3 is 0 Å². The lowest BCUT2D eigenvalue weighted by molar-refractivity contribution is 0.313. The molecule has 2 fully saturated rings. The van der Waals surface area contributed by atoms with Crippen LogP contribution in [0, 0.1) is 6.92 Å². The quantitative estimate of drug-likeness (QED) is 0.321. The van der Waals surface area contributed by atoms with E-state index in [2.05, 4.69) is 71.2 Å². The number of likely N-dealkylation sites (N-methyl/N-ethyl adjacent to an activating group) is 1. The maximum absolute atomic E-state index is 12.0. The predicted molar refractivity (Wildman–Crippen MR) is 148 cm³/mol. The summed E-state index contributed by atoms with van der Waals surface area (Å²) in [6, 6.07) is 16.0. The van der Waals surface area contributed by atoms with Gasteiger partial charge in [-0.25, -0.2) is 4.98 Å². The molecule has 2 aromatic carbocycles. The van der Waals surface area contributed by atoms with Crippen molar-refractivity contribution in [2.45, 2.75) is 32.4 Å². The second kappa shape index (κ2) is 11.0. The van der Waals surface area contributed by atoms with Crippen LogP contribution in [0.1, 0.15) is 24.0 Å². The number of nitrogens with zero attached hydrogens (tertiary/aromatic N) is 4. The third-order valence-corrected chi connectivity index (χ3v) is 7.71. The molecule has 0 unspecified atom stereocenters. The molecule has 1 aliphatic heterocycles. The van der Waals surface area contributed by atoms with Gasteiger partial charge in [-0.1, -0.05) is 12.1 Å². The number of piperazine rings is 1. The van der Waals surface area contributed by atoms with E-state index in [0.717, 1.165) is 61.5 Å². The summed E-state index contributed by atoms with van der Waals surface area (Å²) in [6.07, 6.45) is 3.60. The summed E-state index contributed by atoms with van der Waals surface area (Å²) < 4.78 is 29.2. The Bertz CT molecular complexity index is 1300. The molecular weight excluding hydrogens is 488 g/mol. The molecule has 4 N–H and O–H groups in total. The fourth-order valence-electron chi connectivity index (χ4n) is 4.06. The summed E-state index contributed by atoms with van der Waals surface area (Å²) >= 11 is 0. The van der Waals surface area contributed by atoms with E-state index in [9.17, 15) is 8.42 Å². The molecular formula is C26H34N8O2S. The van der Waals surface area contributed by atoms with E-state index < -0.39 is 10.2 Å². The lowest BCUT2D eigenvalue weighted by Gasteiger charge is -2.34. The second-order valence-corrected chi connectivity index (χ2v) is 11.3. The number of aryl methyl sites for hydroxylation is 1. The van der Waals surface area contributed by atoms with Gasteiger partial charge in [0.25, 0.3) is 10.2 Å². The van der Waals surface area contributed by atoms with Crippen molar-refractivity contribution in [3.05, 3.63) is 65.9 Å². The molecule has 2 heterocycles. The normalized spacial score (nSPS) is 16.5. The Labute approximate surface area is 218 Å². The fourth-order valence-corrected chi connectivity index (χ4v) is 5.18. The summed E-state index contributed by atoms with van der Waals surface area (Å²) in [5, 5.41) is 6.63. The molecule has 0 bridgehead atoms. The van der Waals surface area contributed by atoms with Crippen LogP contribution in [0.3, 0.4) is 0 Å². The van der Waals surface area contributed by atoms with Crippen LogP contribution in [0.25, 0.3) is 0 Å². The molecule has 1 aromatic heterocycles. The number of anilines is 5. The number of hydrogen-bond acceptors (Lipinski definition) is 8. The van der Waals surface area contributed by atoms with Crippen LogP contribution in [0.4, 0.5) is 28.8 Å². The topological polar surface area (TPSA) is 115 Å². The Hall–Kier alpha value is -3.25. The van der Waals surface area contributed by atoms with E-state index >= 15 is 0 Å². The minimum absolute atomic E-state index is 0.0843. The highest BCUT2D eigenvalue weighted by Gasteiger charge is 2.26. The number of benzene rings is 2. The summed E-state index contributed by atoms with van der Waals surface area (Å²) in [4.78, 5) is 13.8. The molecule has 2 aliphatic rings. The van der Waals surface area contributed by atoms with E-state index in [4.69, 9.17) is 0 Å². The molecule has 1 aliphatic carbocycles. The van der Waals surface area contributed by atoms with E-state index in [-0.39, 0.29) is 12.6 Å². The van der Waals surface area contributed by atoms with Crippen LogP contribution < -0.4 is 25.0 Å². The molecule has 196 valence electrons. The first-order valence-electron chi connectivity index (χ1n) is 12.6. The molecule has 1 saturated carbocycles. The minimum atomic E-state index is -3.47. The summed E-state index contributed by atoms with van der Waals surface area (Å²) in [6.45, 7) is 6.41. The highest BCUT2D eigenvalue weighted by molar-refractivity contribution is 7.87. The lowest BCUT2D eigenvalue weighted by Crippen LogP contribution is -2.44. The van der Waals surface area contributed by atoms with Crippen molar-refractivity contribution in [2.24, 2.45) is 0 Å². The molecule has 0 amide bonds. The van der Waals surface area contributed by atoms with Gasteiger partial charge < -0.3 is 20.4 Å². The van der Waals surface area contributed by atoms with E-state index in [1.165, 1.54) is 5.69 Å². The third-order valence-electron chi connectivity index (χ3n) is 6.55. The van der Waals surface area contributed by atoms with Crippen molar-refractivity contribution in [3.8, 4) is 0 Å². The Morgan fingerprint density at radius 1 is 0.919 bits per heavy atom. The molecule has 5 rings (SSSR count). The largest absolute Gasteiger partial charge is 0.369 e. The van der Waals surface area contributed by atoms with Gasteiger partial charge in [-0.2, -0.15) is 22.8 Å². The third kappa shape index (κ3) is 7.16. The van der Waals surface area contributed by atoms with Gasteiger partial charge in [0.1, 0.15) is 5.82 Å². The van der Waals surface area contributed by atoms with Crippen molar-refractivity contribution >= 4 is 39.0 Å². The van der Waals surface area contributed by atoms with Gasteiger partial charge in [-0.3, -0.25) is 0 Å². The number of hydrogen-bond donors (Lipinski definition) is 4. The summed E-state index contributed by atoms with van der Waals surface area (Å²) in [5.74, 6) is 1.21. The Kier molecular flexibility index (Phi) is 7.56. The van der Waals surface area contributed by atoms with Gasteiger partial charge in [0.05, 0.1) is 0 Å². The average molecular weight is 523 g/mol. The summed E-state index contributed by atoms with van der Waals surface area (Å²) in [5.41, 5.74) is 4.79. The smallest absolute Gasteiger partial charge is 0.277 e. The van der Waals surface area contributed by atoms with Gasteiger partial charge in [-0.05, 0) is 68.8 Å². The first kappa shape index (κ1) is 25.4. The SMILES string of the molecule is Cc1cnc(Nc2ccc(N3CCN(C)CC3)cc2)nc1Nc1ccc(CNS(=O)(=O)NC2CC2)cc1. The van der Waals surface area contributed by atoms with Crippen LogP contribution in [-0.2, 0) is 16.8 Å². The molecule has 11 heteroatoms. The minimum Gasteiger partial charge on any atom is -0.369 e. The fraction of sp³-hybridized carbons (Fsp3) is 0.385. The maximum atomic E-state index is 12.0. The molecule has 0 spiro atoms. The van der Waals surface area contributed by atoms with E-state index in [0.29, 0.717) is 11.8 Å². The van der Waals surface area contributed by atoms with E-state index in [1.807, 2.05) is 31.2 Å². The standard InChI is InChI=1S/C26H34N8O2S/c1-19-17-27-26(30-22-9-11-24(12-10-22)34-15-13-33(2)14-16-34)31-25(19)29-21-5-3-20(4-6-21)18-28-37(35,36)32-23-7-8-23/h3-6,9-12,17,23,28,32H,7-8,13-16,18H2,1-2H3,(H2,27,29,30,31). The molecule has 1 saturated heterocycles. The predicted octanol–water partition coefficient (Wildman–Crippen LogP) is 3.11. The van der Waals surface area contributed by atoms with Crippen molar-refractivity contribution < 1.29 is 8.42 Å². The highest BCUT2D eigenvalue weighted by Crippen LogP contribution is 2.24. The average Bonchev–Trinajstić information content (AvgIpc) is 3.70. The van der Waals surface area contributed by atoms with Crippen LogP contribution in [0.5, 0.6) is 0 Å². The zero-order valence-electron chi connectivity index (χ0n) is 21.2. The van der Waals surface area contributed by atoms with Crippen molar-refractivity contribution in [2.75, 3.05) is 48.8 Å². The molecule has 37 heavy (non-hydrogen) atoms. The number of rotatable bonds is 10.